The fraction of sp³-hybridized carbons (Fsp3) is 0.375. The summed E-state index contributed by atoms with van der Waals surface area (Å²) < 4.78 is 5.05. The largest absolute Gasteiger partial charge is 0.383 e. The van der Waals surface area contributed by atoms with Crippen molar-refractivity contribution in [2.75, 3.05) is 32.2 Å². The lowest BCUT2D eigenvalue weighted by Crippen LogP contribution is -2.22. The molecule has 0 saturated carbocycles. The molecule has 2 aromatic rings. The van der Waals surface area contributed by atoms with Crippen LogP contribution < -0.4 is 10.2 Å². The molecular weight excluding hydrogens is 304 g/mol. The van der Waals surface area contributed by atoms with E-state index in [1.54, 1.807) is 18.4 Å². The Balaban J connectivity index is 2.08. The van der Waals surface area contributed by atoms with Crippen molar-refractivity contribution < 1.29 is 4.74 Å². The summed E-state index contributed by atoms with van der Waals surface area (Å²) in [4.78, 5) is 3.58. The van der Waals surface area contributed by atoms with Crippen molar-refractivity contribution in [1.82, 2.24) is 5.32 Å². The van der Waals surface area contributed by atoms with Crippen LogP contribution in [0, 0.1) is 0 Å². The molecule has 0 aliphatic heterocycles. The number of benzene rings is 1. The first-order valence-electron chi connectivity index (χ1n) is 6.93. The second-order valence-electron chi connectivity index (χ2n) is 4.84. The van der Waals surface area contributed by atoms with E-state index in [0.717, 1.165) is 30.2 Å². The number of nitrogens with one attached hydrogen (secondary N) is 1. The van der Waals surface area contributed by atoms with Gasteiger partial charge < -0.3 is 15.0 Å². The van der Waals surface area contributed by atoms with Crippen LogP contribution >= 0.6 is 22.9 Å². The van der Waals surface area contributed by atoms with Gasteiger partial charge in [0.15, 0.2) is 0 Å². The van der Waals surface area contributed by atoms with Crippen molar-refractivity contribution >= 4 is 28.6 Å². The van der Waals surface area contributed by atoms with Gasteiger partial charge in [0.25, 0.3) is 0 Å². The fourth-order valence-corrected chi connectivity index (χ4v) is 3.18. The van der Waals surface area contributed by atoms with E-state index < -0.39 is 0 Å². The number of nitrogens with zero attached hydrogens (tertiary/aromatic N) is 1. The molecule has 0 aliphatic carbocycles. The molecule has 1 aromatic carbocycles. The molecule has 0 saturated heterocycles. The first-order valence-corrected chi connectivity index (χ1v) is 8.18. The molecule has 5 heteroatoms. The highest BCUT2D eigenvalue weighted by molar-refractivity contribution is 7.09. The van der Waals surface area contributed by atoms with Gasteiger partial charge in [-0.3, -0.25) is 0 Å². The Morgan fingerprint density at radius 1 is 1.29 bits per heavy atom. The summed E-state index contributed by atoms with van der Waals surface area (Å²) in [5.74, 6) is 0. The van der Waals surface area contributed by atoms with Crippen LogP contribution in [0.1, 0.15) is 10.4 Å². The van der Waals surface area contributed by atoms with Crippen molar-refractivity contribution in [2.24, 2.45) is 0 Å². The lowest BCUT2D eigenvalue weighted by atomic mass is 10.1. The van der Waals surface area contributed by atoms with Crippen molar-refractivity contribution in [3.8, 4) is 0 Å². The van der Waals surface area contributed by atoms with Gasteiger partial charge in [0, 0.05) is 48.4 Å². The Labute approximate surface area is 135 Å². The van der Waals surface area contributed by atoms with Gasteiger partial charge in [-0.25, -0.2) is 0 Å². The predicted molar refractivity (Wildman–Crippen MR) is 91.5 cm³/mol. The SMILES string of the molecule is COCCNCc1c(Cl)cccc1N(C)Cc1cccs1. The minimum absolute atomic E-state index is 0.699. The molecule has 1 aromatic heterocycles. The van der Waals surface area contributed by atoms with Crippen molar-refractivity contribution in [3.05, 3.63) is 51.2 Å². The molecule has 0 atom stereocenters. The van der Waals surface area contributed by atoms with Crippen molar-refractivity contribution in [1.29, 1.82) is 0 Å². The maximum Gasteiger partial charge on any atom is 0.0587 e. The highest BCUT2D eigenvalue weighted by Gasteiger charge is 2.11. The normalized spacial score (nSPS) is 10.8. The van der Waals surface area contributed by atoms with E-state index in [2.05, 4.69) is 40.8 Å². The maximum absolute atomic E-state index is 6.37. The number of methoxy groups -OCH3 is 1. The molecule has 0 fully saturated rings. The van der Waals surface area contributed by atoms with E-state index >= 15 is 0 Å². The number of thiophene rings is 1. The average Bonchev–Trinajstić information content (AvgIpc) is 2.97. The van der Waals surface area contributed by atoms with Crippen LogP contribution in [0.4, 0.5) is 5.69 Å². The van der Waals surface area contributed by atoms with Crippen LogP contribution in [-0.4, -0.2) is 27.3 Å². The Bertz CT molecular complexity index is 545. The third-order valence-electron chi connectivity index (χ3n) is 3.26. The molecule has 0 spiro atoms. The maximum atomic E-state index is 6.37. The number of ether oxygens (including phenoxy) is 1. The van der Waals surface area contributed by atoms with Crippen molar-refractivity contribution in [2.45, 2.75) is 13.1 Å². The van der Waals surface area contributed by atoms with Crippen LogP contribution in [0.2, 0.25) is 5.02 Å². The Morgan fingerprint density at radius 2 is 2.14 bits per heavy atom. The van der Waals surface area contributed by atoms with Gasteiger partial charge in [-0.2, -0.15) is 0 Å². The second-order valence-corrected chi connectivity index (χ2v) is 6.28. The summed E-state index contributed by atoms with van der Waals surface area (Å²) in [6, 6.07) is 10.3. The van der Waals surface area contributed by atoms with E-state index in [0.29, 0.717) is 6.61 Å². The summed E-state index contributed by atoms with van der Waals surface area (Å²) >= 11 is 8.15. The predicted octanol–water partition coefficient (Wildman–Crippen LogP) is 3.77. The van der Waals surface area contributed by atoms with E-state index in [4.69, 9.17) is 16.3 Å². The summed E-state index contributed by atoms with van der Waals surface area (Å²) in [5.41, 5.74) is 2.30. The lowest BCUT2D eigenvalue weighted by Gasteiger charge is -2.23. The number of anilines is 1. The molecule has 1 heterocycles. The third kappa shape index (κ3) is 4.71. The Hall–Kier alpha value is -1.07. The number of rotatable bonds is 8. The van der Waals surface area contributed by atoms with Gasteiger partial charge in [0.1, 0.15) is 0 Å². The minimum atomic E-state index is 0.699. The molecular formula is C16H21ClN2OS. The van der Waals surface area contributed by atoms with Crippen LogP contribution in [0.25, 0.3) is 0 Å². The van der Waals surface area contributed by atoms with Gasteiger partial charge in [-0.05, 0) is 23.6 Å². The summed E-state index contributed by atoms with van der Waals surface area (Å²) in [6.07, 6.45) is 0. The highest BCUT2D eigenvalue weighted by atomic mass is 35.5. The van der Waals surface area contributed by atoms with Crippen LogP contribution in [0.3, 0.4) is 0 Å². The fourth-order valence-electron chi connectivity index (χ4n) is 2.19. The number of hydrogen-bond acceptors (Lipinski definition) is 4. The van der Waals surface area contributed by atoms with Crippen LogP contribution in [0.5, 0.6) is 0 Å². The molecule has 0 unspecified atom stereocenters. The molecule has 2 rings (SSSR count). The second kappa shape index (κ2) is 8.39. The Kier molecular flexibility index (Phi) is 6.51. The molecule has 0 radical (unpaired) electrons. The standard InChI is InChI=1S/C16H21ClN2OS/c1-19(12-13-5-4-10-21-13)16-7-3-6-15(17)14(16)11-18-8-9-20-2/h3-7,10,18H,8-9,11-12H2,1-2H3. The summed E-state index contributed by atoms with van der Waals surface area (Å²) in [5, 5.41) is 6.27. The highest BCUT2D eigenvalue weighted by Crippen LogP contribution is 2.28. The summed E-state index contributed by atoms with van der Waals surface area (Å²) in [6.45, 7) is 3.15. The molecule has 1 N–H and O–H groups in total. The Morgan fingerprint density at radius 3 is 2.86 bits per heavy atom. The monoisotopic (exact) mass is 324 g/mol. The first-order chi connectivity index (χ1) is 10.2. The van der Waals surface area contributed by atoms with E-state index in [1.807, 2.05) is 12.1 Å². The number of halogens is 1. The van der Waals surface area contributed by atoms with Gasteiger partial charge in [0.05, 0.1) is 13.2 Å². The zero-order chi connectivity index (χ0) is 15.1. The first kappa shape index (κ1) is 16.3. The van der Waals surface area contributed by atoms with Crippen LogP contribution in [-0.2, 0) is 17.8 Å². The van der Waals surface area contributed by atoms with E-state index in [9.17, 15) is 0 Å². The minimum Gasteiger partial charge on any atom is -0.383 e. The summed E-state index contributed by atoms with van der Waals surface area (Å²) in [7, 11) is 3.81. The average molecular weight is 325 g/mol. The van der Waals surface area contributed by atoms with E-state index in [-0.39, 0.29) is 0 Å². The third-order valence-corrected chi connectivity index (χ3v) is 4.48. The zero-order valence-electron chi connectivity index (χ0n) is 12.4. The molecule has 114 valence electrons. The topological polar surface area (TPSA) is 24.5 Å². The van der Waals surface area contributed by atoms with Gasteiger partial charge in [-0.15, -0.1) is 11.3 Å². The quantitative estimate of drug-likeness (QED) is 0.748. The zero-order valence-corrected chi connectivity index (χ0v) is 14.0. The van der Waals surface area contributed by atoms with Gasteiger partial charge in [0.2, 0.25) is 0 Å². The molecule has 0 amide bonds. The molecule has 3 nitrogen and oxygen atoms in total. The van der Waals surface area contributed by atoms with E-state index in [1.165, 1.54) is 10.6 Å². The number of hydrogen-bond donors (Lipinski definition) is 1. The molecule has 0 aliphatic rings. The smallest absolute Gasteiger partial charge is 0.0587 e. The lowest BCUT2D eigenvalue weighted by molar-refractivity contribution is 0.199. The van der Waals surface area contributed by atoms with Gasteiger partial charge >= 0.3 is 0 Å². The van der Waals surface area contributed by atoms with Gasteiger partial charge in [-0.1, -0.05) is 23.7 Å². The molecule has 0 bridgehead atoms. The molecule has 21 heavy (non-hydrogen) atoms. The van der Waals surface area contributed by atoms with Crippen LogP contribution in [0.15, 0.2) is 35.7 Å². The van der Waals surface area contributed by atoms with Crippen molar-refractivity contribution in [3.63, 3.8) is 0 Å².